The summed E-state index contributed by atoms with van der Waals surface area (Å²) in [6, 6.07) is 25.2. The van der Waals surface area contributed by atoms with E-state index in [1.807, 2.05) is 50.1 Å². The zero-order valence-corrected chi connectivity index (χ0v) is 33.5. The van der Waals surface area contributed by atoms with Gasteiger partial charge in [-0.25, -0.2) is 14.8 Å². The third kappa shape index (κ3) is 8.37. The van der Waals surface area contributed by atoms with Gasteiger partial charge in [0.05, 0.1) is 35.9 Å². The number of likely N-dealkylation sites (tertiary alicyclic amines) is 2. The molecule has 3 aromatic carbocycles. The molecule has 3 amide bonds. The van der Waals surface area contributed by atoms with Gasteiger partial charge in [-0.05, 0) is 72.0 Å². The van der Waals surface area contributed by atoms with Crippen LogP contribution in [-0.2, 0) is 9.59 Å². The van der Waals surface area contributed by atoms with Gasteiger partial charge in [-0.3, -0.25) is 14.5 Å². The fraction of sp³-hybridized carbons (Fsp3) is 0.400. The van der Waals surface area contributed by atoms with Gasteiger partial charge in [0.15, 0.2) is 0 Å². The molecule has 57 heavy (non-hydrogen) atoms. The summed E-state index contributed by atoms with van der Waals surface area (Å²) in [6.45, 7) is 12.6. The monoisotopic (exact) mass is 770 g/mol. The number of carbonyl (C=O) groups is 3. The molecule has 12 nitrogen and oxygen atoms in total. The Balaban J connectivity index is 1.02. The quantitative estimate of drug-likeness (QED) is 0.0999. The van der Waals surface area contributed by atoms with Gasteiger partial charge in [0.25, 0.3) is 0 Å². The molecule has 2 aliphatic rings. The first-order chi connectivity index (χ1) is 27.5. The standard InChI is InChI=1S/C45H54N8O4/c1-6-51(7-2)38(33-13-9-8-10-14-33)42(54)52-25-11-15-36(52)40-46-27-34(48-40)31-21-17-29(18-22-31)30-19-23-32(24-20-30)35-28-47-41(49-35)37-16-12-26-53(37)43(55)39(45(3,4)5)50-44(56)57/h8-10,13-14,17-24,27-28,36-39,50H,6-7,11-12,15-16,25-26H2,1-5H3,(H,46,48)(H,47,49)(H,56,57)/t36-,37-,38+,39+/m0/s1. The van der Waals surface area contributed by atoms with Crippen molar-refractivity contribution < 1.29 is 19.5 Å². The van der Waals surface area contributed by atoms with E-state index in [0.29, 0.717) is 18.9 Å². The molecule has 7 rings (SSSR count). The summed E-state index contributed by atoms with van der Waals surface area (Å²) in [6.07, 6.45) is 5.83. The molecule has 4 N–H and O–H groups in total. The smallest absolute Gasteiger partial charge is 0.405 e. The van der Waals surface area contributed by atoms with E-state index >= 15 is 0 Å². The summed E-state index contributed by atoms with van der Waals surface area (Å²) in [5.74, 6) is 1.41. The van der Waals surface area contributed by atoms with E-state index in [4.69, 9.17) is 4.98 Å². The Morgan fingerprint density at radius 2 is 1.19 bits per heavy atom. The van der Waals surface area contributed by atoms with Crippen LogP contribution in [0.15, 0.2) is 91.3 Å². The number of amides is 3. The Morgan fingerprint density at radius 3 is 1.63 bits per heavy atom. The number of benzene rings is 3. The Bertz CT molecular complexity index is 2150. The Hall–Kier alpha value is -5.75. The number of hydrogen-bond donors (Lipinski definition) is 4. The van der Waals surface area contributed by atoms with Crippen molar-refractivity contribution in [3.05, 3.63) is 108 Å². The number of nitrogens with zero attached hydrogens (tertiary/aromatic N) is 5. The van der Waals surface area contributed by atoms with Crippen molar-refractivity contribution >= 4 is 17.9 Å². The van der Waals surface area contributed by atoms with Crippen molar-refractivity contribution in [3.8, 4) is 33.6 Å². The highest BCUT2D eigenvalue weighted by atomic mass is 16.4. The second-order valence-electron chi connectivity index (χ2n) is 16.2. The zero-order chi connectivity index (χ0) is 40.3. The van der Waals surface area contributed by atoms with Crippen molar-refractivity contribution in [3.63, 3.8) is 0 Å². The summed E-state index contributed by atoms with van der Waals surface area (Å²) < 4.78 is 0. The molecule has 5 aromatic rings. The maximum atomic E-state index is 14.2. The lowest BCUT2D eigenvalue weighted by Gasteiger charge is -2.34. The Labute approximate surface area is 334 Å². The molecule has 0 unspecified atom stereocenters. The van der Waals surface area contributed by atoms with Gasteiger partial charge in [0.2, 0.25) is 11.8 Å². The van der Waals surface area contributed by atoms with Crippen molar-refractivity contribution in [1.82, 2.24) is 40.0 Å². The lowest BCUT2D eigenvalue weighted by Crippen LogP contribution is -2.54. The average Bonchev–Trinajstić information content (AvgIpc) is 4.06. The minimum atomic E-state index is -1.21. The number of carboxylic acid groups (broad SMARTS) is 1. The molecular weight excluding hydrogens is 717 g/mol. The van der Waals surface area contributed by atoms with Gasteiger partial charge in [-0.2, -0.15) is 0 Å². The van der Waals surface area contributed by atoms with E-state index in [9.17, 15) is 19.5 Å². The van der Waals surface area contributed by atoms with Crippen molar-refractivity contribution in [2.45, 2.75) is 84.5 Å². The Morgan fingerprint density at radius 1 is 0.737 bits per heavy atom. The topological polar surface area (TPSA) is 151 Å². The molecule has 2 saturated heterocycles. The van der Waals surface area contributed by atoms with Crippen LogP contribution in [0, 0.1) is 5.41 Å². The maximum Gasteiger partial charge on any atom is 0.405 e. The first-order valence-electron chi connectivity index (χ1n) is 20.2. The second-order valence-corrected chi connectivity index (χ2v) is 16.2. The average molecular weight is 771 g/mol. The van der Waals surface area contributed by atoms with Crippen LogP contribution in [0.2, 0.25) is 0 Å². The fourth-order valence-electron chi connectivity index (χ4n) is 8.45. The second kappa shape index (κ2) is 16.8. The lowest BCUT2D eigenvalue weighted by molar-refractivity contribution is -0.138. The van der Waals surface area contributed by atoms with Crippen LogP contribution >= 0.6 is 0 Å². The zero-order valence-electron chi connectivity index (χ0n) is 33.5. The summed E-state index contributed by atoms with van der Waals surface area (Å²) in [5.41, 5.74) is 6.35. The van der Waals surface area contributed by atoms with Crippen LogP contribution in [-0.4, -0.2) is 89.9 Å². The molecule has 0 bridgehead atoms. The van der Waals surface area contributed by atoms with Crippen molar-refractivity contribution in [2.24, 2.45) is 5.41 Å². The number of carbonyl (C=O) groups excluding carboxylic acids is 2. The highest BCUT2D eigenvalue weighted by Gasteiger charge is 2.41. The molecule has 0 saturated carbocycles. The van der Waals surface area contributed by atoms with Crippen molar-refractivity contribution in [1.29, 1.82) is 0 Å². The van der Waals surface area contributed by atoms with Gasteiger partial charge >= 0.3 is 6.09 Å². The molecule has 0 spiro atoms. The summed E-state index contributed by atoms with van der Waals surface area (Å²) in [7, 11) is 0. The third-order valence-electron chi connectivity index (χ3n) is 11.5. The highest BCUT2D eigenvalue weighted by molar-refractivity contribution is 5.87. The van der Waals surface area contributed by atoms with E-state index < -0.39 is 17.6 Å². The number of aromatic amines is 2. The van der Waals surface area contributed by atoms with E-state index in [-0.39, 0.29) is 29.9 Å². The van der Waals surface area contributed by atoms with Crippen LogP contribution in [0.25, 0.3) is 33.6 Å². The molecule has 2 aromatic heterocycles. The molecule has 2 aliphatic heterocycles. The van der Waals surface area contributed by atoms with Crippen LogP contribution < -0.4 is 5.32 Å². The lowest BCUT2D eigenvalue weighted by atomic mass is 9.85. The van der Waals surface area contributed by atoms with Crippen LogP contribution in [0.5, 0.6) is 0 Å². The summed E-state index contributed by atoms with van der Waals surface area (Å²) in [4.78, 5) is 61.8. The van der Waals surface area contributed by atoms with Gasteiger partial charge in [0.1, 0.15) is 23.7 Å². The van der Waals surface area contributed by atoms with E-state index in [2.05, 4.69) is 99.7 Å². The highest BCUT2D eigenvalue weighted by Crippen LogP contribution is 2.37. The predicted octanol–water partition coefficient (Wildman–Crippen LogP) is 8.23. The minimum Gasteiger partial charge on any atom is -0.465 e. The van der Waals surface area contributed by atoms with Gasteiger partial charge in [-0.1, -0.05) is 113 Å². The molecule has 12 heteroatoms. The third-order valence-corrected chi connectivity index (χ3v) is 11.5. The largest absolute Gasteiger partial charge is 0.465 e. The number of likely N-dealkylation sites (N-methyl/N-ethyl adjacent to an activating group) is 1. The van der Waals surface area contributed by atoms with Crippen molar-refractivity contribution in [2.75, 3.05) is 26.2 Å². The maximum absolute atomic E-state index is 14.2. The van der Waals surface area contributed by atoms with Gasteiger partial charge in [0, 0.05) is 13.1 Å². The number of rotatable bonds is 12. The molecule has 298 valence electrons. The number of hydrogen-bond acceptors (Lipinski definition) is 6. The molecule has 0 radical (unpaired) electrons. The van der Waals surface area contributed by atoms with Gasteiger partial charge < -0.3 is 30.2 Å². The van der Waals surface area contributed by atoms with E-state index in [0.717, 1.165) is 83.8 Å². The van der Waals surface area contributed by atoms with Crippen LogP contribution in [0.1, 0.15) is 95.6 Å². The minimum absolute atomic E-state index is 0.0988. The van der Waals surface area contributed by atoms with E-state index in [1.54, 1.807) is 11.1 Å². The molecule has 4 heterocycles. The van der Waals surface area contributed by atoms with Crippen LogP contribution in [0.4, 0.5) is 4.79 Å². The summed E-state index contributed by atoms with van der Waals surface area (Å²) in [5, 5.41) is 11.8. The van der Waals surface area contributed by atoms with Crippen LogP contribution in [0.3, 0.4) is 0 Å². The number of aromatic nitrogens is 4. The number of imidazole rings is 2. The number of H-pyrrole nitrogens is 2. The summed E-state index contributed by atoms with van der Waals surface area (Å²) >= 11 is 0. The first-order valence-corrected chi connectivity index (χ1v) is 20.2. The molecular formula is C45H54N8O4. The van der Waals surface area contributed by atoms with Gasteiger partial charge in [-0.15, -0.1) is 0 Å². The normalized spacial score (nSPS) is 18.2. The van der Waals surface area contributed by atoms with E-state index in [1.165, 1.54) is 0 Å². The Kier molecular flexibility index (Phi) is 11.6. The first kappa shape index (κ1) is 39.5. The number of nitrogens with one attached hydrogen (secondary N) is 3. The molecule has 4 atom stereocenters. The molecule has 0 aliphatic carbocycles. The molecule has 2 fully saturated rings. The SMILES string of the molecule is CCN(CC)[C@@H](C(=O)N1CCC[C@H]1c1ncc(-c2ccc(-c3ccc(-c4cnc([C@@H]5CCCN5C(=O)[C@@H](NC(=O)O)C(C)(C)C)[nH]4)cc3)cc2)[nH]1)c1ccccc1. The predicted molar refractivity (Wildman–Crippen MR) is 221 cm³/mol. The fourth-order valence-corrected chi connectivity index (χ4v) is 8.45.